The molecule has 3 N–H and O–H groups in total. The molecule has 1 atom stereocenters. The second kappa shape index (κ2) is 8.46. The molecule has 2 rings (SSSR count). The molecular weight excluding hydrogens is 341 g/mol. The Hall–Kier alpha value is -2.19. The first-order valence-corrected chi connectivity index (χ1v) is 8.56. The Labute approximate surface area is 152 Å². The summed E-state index contributed by atoms with van der Waals surface area (Å²) in [5.74, 6) is -0.788. The first kappa shape index (κ1) is 20.1. The van der Waals surface area contributed by atoms with Gasteiger partial charge in [0.05, 0.1) is 7.11 Å². The van der Waals surface area contributed by atoms with E-state index in [1.54, 1.807) is 18.0 Å². The molecule has 26 heavy (non-hydrogen) atoms. The van der Waals surface area contributed by atoms with Gasteiger partial charge in [0.15, 0.2) is 5.60 Å². The van der Waals surface area contributed by atoms with Crippen LogP contribution in [0.1, 0.15) is 24.8 Å². The number of methoxy groups -OCH3 is 1. The van der Waals surface area contributed by atoms with Crippen molar-refractivity contribution in [3.8, 4) is 5.75 Å². The van der Waals surface area contributed by atoms with Gasteiger partial charge in [-0.2, -0.15) is 0 Å². The summed E-state index contributed by atoms with van der Waals surface area (Å²) >= 11 is 0. The third-order valence-electron chi connectivity index (χ3n) is 4.59. The average molecular weight is 367 g/mol. The number of likely N-dealkylation sites (tertiary alicyclic amines) is 1. The van der Waals surface area contributed by atoms with E-state index in [9.17, 15) is 19.1 Å². The summed E-state index contributed by atoms with van der Waals surface area (Å²) in [4.78, 5) is 26.9. The van der Waals surface area contributed by atoms with Gasteiger partial charge in [0.2, 0.25) is 5.91 Å². The average Bonchev–Trinajstić information content (AvgIpc) is 2.59. The molecule has 144 valence electrons. The van der Waals surface area contributed by atoms with Crippen molar-refractivity contribution in [1.82, 2.24) is 9.80 Å². The first-order chi connectivity index (χ1) is 12.2. The minimum Gasteiger partial charge on any atom is -0.497 e. The van der Waals surface area contributed by atoms with Crippen molar-refractivity contribution in [3.05, 3.63) is 29.6 Å². The van der Waals surface area contributed by atoms with Gasteiger partial charge in [-0.15, -0.1) is 0 Å². The first-order valence-electron chi connectivity index (χ1n) is 8.56. The summed E-state index contributed by atoms with van der Waals surface area (Å²) in [6.07, 6.45) is 1.08. The van der Waals surface area contributed by atoms with Crippen LogP contribution in [-0.4, -0.2) is 66.1 Å². The van der Waals surface area contributed by atoms with Crippen LogP contribution in [0.15, 0.2) is 18.2 Å². The van der Waals surface area contributed by atoms with Gasteiger partial charge in [-0.25, -0.2) is 4.39 Å². The van der Waals surface area contributed by atoms with Crippen molar-refractivity contribution in [2.75, 3.05) is 33.8 Å². The number of ether oxygens (including phenoxy) is 1. The number of nitrogens with two attached hydrogens (primary N) is 1. The van der Waals surface area contributed by atoms with E-state index in [-0.39, 0.29) is 19.5 Å². The largest absolute Gasteiger partial charge is 0.497 e. The Morgan fingerprint density at radius 1 is 1.50 bits per heavy atom. The molecule has 0 saturated carbocycles. The van der Waals surface area contributed by atoms with Crippen molar-refractivity contribution in [2.24, 2.45) is 5.73 Å². The monoisotopic (exact) mass is 367 g/mol. The van der Waals surface area contributed by atoms with E-state index in [1.807, 2.05) is 0 Å². The zero-order chi connectivity index (χ0) is 19.3. The summed E-state index contributed by atoms with van der Waals surface area (Å²) in [7, 11) is 3.21. The van der Waals surface area contributed by atoms with Crippen LogP contribution < -0.4 is 10.5 Å². The number of hydrogen-bond donors (Lipinski definition) is 2. The lowest BCUT2D eigenvalue weighted by molar-refractivity contribution is -0.159. The number of benzene rings is 1. The summed E-state index contributed by atoms with van der Waals surface area (Å²) in [5, 5.41) is 10.8. The van der Waals surface area contributed by atoms with Crippen LogP contribution in [0.3, 0.4) is 0 Å². The molecule has 1 aliphatic rings. The normalized spacial score (nSPS) is 20.5. The van der Waals surface area contributed by atoms with E-state index in [4.69, 9.17) is 10.5 Å². The van der Waals surface area contributed by atoms with Crippen LogP contribution in [-0.2, 0) is 16.1 Å². The molecular formula is C18H26FN3O4. The zero-order valence-electron chi connectivity index (χ0n) is 15.2. The lowest BCUT2D eigenvalue weighted by atomic mass is 9.90. The number of rotatable bonds is 8. The number of primary amides is 1. The maximum Gasteiger partial charge on any atom is 0.256 e. The minimum atomic E-state index is -1.56. The molecule has 7 nitrogen and oxygen atoms in total. The van der Waals surface area contributed by atoms with Gasteiger partial charge in [0, 0.05) is 38.2 Å². The Balaban J connectivity index is 2.07. The van der Waals surface area contributed by atoms with Crippen LogP contribution in [0.4, 0.5) is 4.39 Å². The highest BCUT2D eigenvalue weighted by molar-refractivity contribution is 5.86. The summed E-state index contributed by atoms with van der Waals surface area (Å²) in [6.45, 7) is 0.962. The molecule has 1 aromatic rings. The summed E-state index contributed by atoms with van der Waals surface area (Å²) in [5.41, 5.74) is 3.91. The molecule has 0 aliphatic carbocycles. The fraction of sp³-hybridized carbons (Fsp3) is 0.556. The van der Waals surface area contributed by atoms with Crippen molar-refractivity contribution in [2.45, 2.75) is 31.4 Å². The second-order valence-corrected chi connectivity index (χ2v) is 6.77. The van der Waals surface area contributed by atoms with Gasteiger partial charge in [-0.3, -0.25) is 9.59 Å². The van der Waals surface area contributed by atoms with Gasteiger partial charge in [-0.1, -0.05) is 0 Å². The number of hydrogen-bond acceptors (Lipinski definition) is 5. The fourth-order valence-electron chi connectivity index (χ4n) is 3.19. The number of carbonyl (C=O) groups is 2. The molecule has 0 aromatic heterocycles. The number of piperidine rings is 1. The van der Waals surface area contributed by atoms with Crippen LogP contribution in [0, 0.1) is 5.82 Å². The highest BCUT2D eigenvalue weighted by Crippen LogP contribution is 2.26. The maximum absolute atomic E-state index is 14.1. The third kappa shape index (κ3) is 4.92. The molecule has 0 radical (unpaired) electrons. The molecule has 1 heterocycles. The SMILES string of the molecule is COc1ccc(F)c(CN2CCC[C@](O)(CN(C)CCC(N)=O)C2=O)c1. The van der Waals surface area contributed by atoms with E-state index >= 15 is 0 Å². The molecule has 0 spiro atoms. The van der Waals surface area contributed by atoms with E-state index in [2.05, 4.69) is 0 Å². The molecule has 1 aromatic carbocycles. The van der Waals surface area contributed by atoms with Crippen molar-refractivity contribution in [1.29, 1.82) is 0 Å². The van der Waals surface area contributed by atoms with Crippen molar-refractivity contribution < 1.29 is 23.8 Å². The highest BCUT2D eigenvalue weighted by Gasteiger charge is 2.42. The Morgan fingerprint density at radius 2 is 2.23 bits per heavy atom. The number of likely N-dealkylation sites (N-methyl/N-ethyl adjacent to an activating group) is 1. The van der Waals surface area contributed by atoms with Gasteiger partial charge in [0.1, 0.15) is 11.6 Å². The maximum atomic E-state index is 14.1. The number of carbonyl (C=O) groups excluding carboxylic acids is 2. The van der Waals surface area contributed by atoms with E-state index < -0.39 is 23.2 Å². The Bertz CT molecular complexity index is 670. The molecule has 1 fully saturated rings. The molecule has 0 unspecified atom stereocenters. The molecule has 8 heteroatoms. The van der Waals surface area contributed by atoms with Gasteiger partial charge in [0.25, 0.3) is 5.91 Å². The van der Waals surface area contributed by atoms with E-state index in [1.165, 1.54) is 24.1 Å². The smallest absolute Gasteiger partial charge is 0.256 e. The van der Waals surface area contributed by atoms with E-state index in [0.717, 1.165) is 0 Å². The fourth-order valence-corrected chi connectivity index (χ4v) is 3.19. The number of halogens is 1. The number of nitrogens with zero attached hydrogens (tertiary/aromatic N) is 2. The lowest BCUT2D eigenvalue weighted by Crippen LogP contribution is -2.58. The van der Waals surface area contributed by atoms with Gasteiger partial charge in [-0.05, 0) is 38.1 Å². The topological polar surface area (TPSA) is 96.1 Å². The zero-order valence-corrected chi connectivity index (χ0v) is 15.2. The number of amides is 2. The lowest BCUT2D eigenvalue weighted by Gasteiger charge is -2.40. The number of aliphatic hydroxyl groups is 1. The Morgan fingerprint density at radius 3 is 2.88 bits per heavy atom. The van der Waals surface area contributed by atoms with Crippen molar-refractivity contribution in [3.63, 3.8) is 0 Å². The van der Waals surface area contributed by atoms with E-state index in [0.29, 0.717) is 37.2 Å². The van der Waals surface area contributed by atoms with Gasteiger partial charge >= 0.3 is 0 Å². The van der Waals surface area contributed by atoms with Crippen LogP contribution in [0.2, 0.25) is 0 Å². The van der Waals surface area contributed by atoms with Crippen LogP contribution >= 0.6 is 0 Å². The molecule has 2 amide bonds. The molecule has 0 bridgehead atoms. The standard InChI is InChI=1S/C18H26FN3O4/c1-21(9-6-16(20)23)12-18(25)7-3-8-22(17(18)24)11-13-10-14(26-2)4-5-15(13)19/h4-5,10,25H,3,6-9,11-12H2,1-2H3,(H2,20,23)/t18-/m0/s1. The van der Waals surface area contributed by atoms with Gasteiger partial charge < -0.3 is 25.4 Å². The summed E-state index contributed by atoms with van der Waals surface area (Å²) < 4.78 is 19.2. The predicted octanol–water partition coefficient (Wildman–Crippen LogP) is 0.495. The summed E-state index contributed by atoms with van der Waals surface area (Å²) in [6, 6.07) is 4.36. The second-order valence-electron chi connectivity index (χ2n) is 6.77. The molecule has 1 saturated heterocycles. The predicted molar refractivity (Wildman–Crippen MR) is 93.9 cm³/mol. The molecule has 1 aliphatic heterocycles. The Kier molecular flexibility index (Phi) is 6.55. The quantitative estimate of drug-likeness (QED) is 0.697. The van der Waals surface area contributed by atoms with Crippen molar-refractivity contribution >= 4 is 11.8 Å². The van der Waals surface area contributed by atoms with Crippen LogP contribution in [0.25, 0.3) is 0 Å². The van der Waals surface area contributed by atoms with Crippen LogP contribution in [0.5, 0.6) is 5.75 Å². The minimum absolute atomic E-state index is 0.0647. The highest BCUT2D eigenvalue weighted by atomic mass is 19.1. The third-order valence-corrected chi connectivity index (χ3v) is 4.59.